The second-order valence-electron chi connectivity index (χ2n) is 6.53. The minimum atomic E-state index is 1.05. The third-order valence-electron chi connectivity index (χ3n) is 5.80. The summed E-state index contributed by atoms with van der Waals surface area (Å²) in [6, 6.07) is 0. The van der Waals surface area contributed by atoms with Gasteiger partial charge in [-0.1, -0.05) is 39.0 Å². The highest BCUT2D eigenvalue weighted by Gasteiger charge is 2.43. The SMILES string of the molecule is CC1CC2CCCCC2C2CCCCC12. The number of rotatable bonds is 0. The van der Waals surface area contributed by atoms with Crippen molar-refractivity contribution >= 4 is 0 Å². The van der Waals surface area contributed by atoms with Crippen LogP contribution >= 0.6 is 0 Å². The number of hydrogen-bond donors (Lipinski definition) is 0. The van der Waals surface area contributed by atoms with E-state index in [4.69, 9.17) is 0 Å². The lowest BCUT2D eigenvalue weighted by molar-refractivity contribution is -0.00813. The monoisotopic (exact) mass is 206 g/mol. The first-order chi connectivity index (χ1) is 7.36. The van der Waals surface area contributed by atoms with E-state index in [1.165, 1.54) is 19.3 Å². The first kappa shape index (κ1) is 10.2. The first-order valence-corrected chi connectivity index (χ1v) is 7.36. The fourth-order valence-corrected chi connectivity index (χ4v) is 5.17. The maximum Gasteiger partial charge on any atom is -0.0352 e. The van der Waals surface area contributed by atoms with Gasteiger partial charge in [-0.25, -0.2) is 0 Å². The molecule has 5 unspecified atom stereocenters. The molecule has 3 aliphatic carbocycles. The van der Waals surface area contributed by atoms with E-state index in [1.54, 1.807) is 38.5 Å². The van der Waals surface area contributed by atoms with Crippen LogP contribution < -0.4 is 0 Å². The van der Waals surface area contributed by atoms with Crippen molar-refractivity contribution in [3.05, 3.63) is 0 Å². The van der Waals surface area contributed by atoms with E-state index in [0.29, 0.717) is 0 Å². The zero-order valence-corrected chi connectivity index (χ0v) is 10.3. The third kappa shape index (κ3) is 1.74. The molecule has 15 heavy (non-hydrogen) atoms. The van der Waals surface area contributed by atoms with Crippen molar-refractivity contribution in [2.75, 3.05) is 0 Å². The van der Waals surface area contributed by atoms with Crippen LogP contribution in [0.3, 0.4) is 0 Å². The molecule has 0 aromatic rings. The van der Waals surface area contributed by atoms with Crippen LogP contribution in [0.5, 0.6) is 0 Å². The lowest BCUT2D eigenvalue weighted by Crippen LogP contribution is -2.42. The lowest BCUT2D eigenvalue weighted by atomic mass is 9.55. The molecule has 86 valence electrons. The molecule has 0 heterocycles. The predicted molar refractivity (Wildman–Crippen MR) is 64.7 cm³/mol. The van der Waals surface area contributed by atoms with E-state index >= 15 is 0 Å². The van der Waals surface area contributed by atoms with Crippen LogP contribution in [0.4, 0.5) is 0 Å². The Morgan fingerprint density at radius 1 is 0.667 bits per heavy atom. The zero-order chi connectivity index (χ0) is 10.3. The molecule has 3 aliphatic rings. The van der Waals surface area contributed by atoms with Crippen molar-refractivity contribution < 1.29 is 0 Å². The molecule has 0 spiro atoms. The molecule has 3 rings (SSSR count). The zero-order valence-electron chi connectivity index (χ0n) is 10.3. The number of hydrogen-bond acceptors (Lipinski definition) is 0. The van der Waals surface area contributed by atoms with Crippen molar-refractivity contribution in [3.63, 3.8) is 0 Å². The minimum Gasteiger partial charge on any atom is -0.0622 e. The van der Waals surface area contributed by atoms with E-state index < -0.39 is 0 Å². The van der Waals surface area contributed by atoms with Crippen molar-refractivity contribution in [2.24, 2.45) is 29.6 Å². The molecule has 0 nitrogen and oxygen atoms in total. The van der Waals surface area contributed by atoms with E-state index in [2.05, 4.69) is 6.92 Å². The van der Waals surface area contributed by atoms with Crippen LogP contribution in [0, 0.1) is 29.6 Å². The average molecular weight is 206 g/mol. The summed E-state index contributed by atoms with van der Waals surface area (Å²) in [6.07, 6.45) is 14.0. The highest BCUT2D eigenvalue weighted by atomic mass is 14.5. The van der Waals surface area contributed by atoms with Gasteiger partial charge in [-0.2, -0.15) is 0 Å². The molecule has 0 N–H and O–H groups in total. The van der Waals surface area contributed by atoms with Crippen molar-refractivity contribution in [2.45, 2.75) is 64.7 Å². The van der Waals surface area contributed by atoms with Crippen LogP contribution in [-0.2, 0) is 0 Å². The Morgan fingerprint density at radius 2 is 1.27 bits per heavy atom. The van der Waals surface area contributed by atoms with Crippen molar-refractivity contribution in [1.82, 2.24) is 0 Å². The maximum absolute atomic E-state index is 2.55. The third-order valence-corrected chi connectivity index (χ3v) is 5.80. The van der Waals surface area contributed by atoms with Gasteiger partial charge in [-0.05, 0) is 55.3 Å². The van der Waals surface area contributed by atoms with Crippen LogP contribution in [0.15, 0.2) is 0 Å². The fourth-order valence-electron chi connectivity index (χ4n) is 5.17. The van der Waals surface area contributed by atoms with Gasteiger partial charge in [0.1, 0.15) is 0 Å². The Bertz CT molecular complexity index is 220. The van der Waals surface area contributed by atoms with Gasteiger partial charge in [-0.3, -0.25) is 0 Å². The standard InChI is InChI=1S/C15H26/c1-11-10-12-6-2-3-8-14(12)15-9-5-4-7-13(11)15/h11-15H,2-10H2,1H3. The molecule has 0 aliphatic heterocycles. The summed E-state index contributed by atoms with van der Waals surface area (Å²) in [7, 11) is 0. The second kappa shape index (κ2) is 4.11. The maximum atomic E-state index is 2.55. The Morgan fingerprint density at radius 3 is 2.07 bits per heavy atom. The molecule has 0 aromatic carbocycles. The fraction of sp³-hybridized carbons (Fsp3) is 1.00. The van der Waals surface area contributed by atoms with E-state index in [-0.39, 0.29) is 0 Å². The summed E-state index contributed by atoms with van der Waals surface area (Å²) >= 11 is 0. The molecule has 0 aromatic heterocycles. The Labute approximate surface area is 94.8 Å². The van der Waals surface area contributed by atoms with E-state index in [9.17, 15) is 0 Å². The van der Waals surface area contributed by atoms with Gasteiger partial charge in [0.05, 0.1) is 0 Å². The van der Waals surface area contributed by atoms with Crippen molar-refractivity contribution in [3.8, 4) is 0 Å². The molecule has 0 heteroatoms. The molecule has 0 amide bonds. The normalized spacial score (nSPS) is 50.6. The summed E-state index contributed by atoms with van der Waals surface area (Å²) in [6.45, 7) is 2.55. The smallest absolute Gasteiger partial charge is 0.0352 e. The number of fused-ring (bicyclic) bond motifs is 3. The molecular formula is C15H26. The van der Waals surface area contributed by atoms with E-state index in [1.807, 2.05) is 0 Å². The largest absolute Gasteiger partial charge is 0.0622 e. The minimum absolute atomic E-state index is 1.05. The molecule has 5 atom stereocenters. The summed E-state index contributed by atoms with van der Waals surface area (Å²) in [5.74, 6) is 5.61. The van der Waals surface area contributed by atoms with Crippen LogP contribution in [-0.4, -0.2) is 0 Å². The molecule has 3 fully saturated rings. The van der Waals surface area contributed by atoms with Crippen LogP contribution in [0.2, 0.25) is 0 Å². The summed E-state index contributed by atoms with van der Waals surface area (Å²) in [4.78, 5) is 0. The first-order valence-electron chi connectivity index (χ1n) is 7.36. The summed E-state index contributed by atoms with van der Waals surface area (Å²) in [5.41, 5.74) is 0. The summed E-state index contributed by atoms with van der Waals surface area (Å²) in [5, 5.41) is 0. The Kier molecular flexibility index (Phi) is 2.79. The van der Waals surface area contributed by atoms with Crippen LogP contribution in [0.1, 0.15) is 64.7 Å². The highest BCUT2D eigenvalue weighted by molar-refractivity contribution is 4.93. The van der Waals surface area contributed by atoms with Gasteiger partial charge in [0.15, 0.2) is 0 Å². The van der Waals surface area contributed by atoms with Crippen molar-refractivity contribution in [1.29, 1.82) is 0 Å². The highest BCUT2D eigenvalue weighted by Crippen LogP contribution is 2.53. The Hall–Kier alpha value is 0. The average Bonchev–Trinajstić information content (AvgIpc) is 2.30. The van der Waals surface area contributed by atoms with E-state index in [0.717, 1.165) is 29.6 Å². The Balaban J connectivity index is 1.79. The molecule has 3 saturated carbocycles. The van der Waals surface area contributed by atoms with Gasteiger partial charge in [0.25, 0.3) is 0 Å². The molecule has 0 radical (unpaired) electrons. The summed E-state index contributed by atoms with van der Waals surface area (Å²) < 4.78 is 0. The van der Waals surface area contributed by atoms with Gasteiger partial charge < -0.3 is 0 Å². The second-order valence-corrected chi connectivity index (χ2v) is 6.53. The topological polar surface area (TPSA) is 0 Å². The van der Waals surface area contributed by atoms with Gasteiger partial charge in [0, 0.05) is 0 Å². The van der Waals surface area contributed by atoms with Gasteiger partial charge in [0.2, 0.25) is 0 Å². The molecule has 0 saturated heterocycles. The van der Waals surface area contributed by atoms with Gasteiger partial charge in [-0.15, -0.1) is 0 Å². The van der Waals surface area contributed by atoms with Crippen LogP contribution in [0.25, 0.3) is 0 Å². The predicted octanol–water partition coefficient (Wildman–Crippen LogP) is 4.64. The molecular weight excluding hydrogens is 180 g/mol. The van der Waals surface area contributed by atoms with Gasteiger partial charge >= 0.3 is 0 Å². The quantitative estimate of drug-likeness (QED) is 0.541. The molecule has 0 bridgehead atoms. The lowest BCUT2D eigenvalue weighted by Gasteiger charge is -2.51.